The minimum Gasteiger partial charge on any atom is -0.356 e. The van der Waals surface area contributed by atoms with Gasteiger partial charge >= 0.3 is 0 Å². The quantitative estimate of drug-likeness (QED) is 0.202. The Hall–Kier alpha value is -0.300. The number of hydrogen-bond donors (Lipinski definition) is 2. The number of rotatable bonds is 9. The highest BCUT2D eigenvalue weighted by Gasteiger charge is 2.12. The van der Waals surface area contributed by atoms with Gasteiger partial charge in [-0.2, -0.15) is 0 Å². The first kappa shape index (κ1) is 23.0. The van der Waals surface area contributed by atoms with E-state index < -0.39 is 0 Å². The van der Waals surface area contributed by atoms with Gasteiger partial charge in [0.2, 0.25) is 0 Å². The number of aliphatic imine (C=N–C) groups is 1. The van der Waals surface area contributed by atoms with Gasteiger partial charge in [-0.25, -0.2) is 0 Å². The molecule has 0 radical (unpaired) electrons. The molecule has 0 aromatic carbocycles. The second-order valence-electron chi connectivity index (χ2n) is 5.56. The molecule has 126 valence electrons. The minimum absolute atomic E-state index is 0. The molecule has 0 aromatic heterocycles. The van der Waals surface area contributed by atoms with Crippen molar-refractivity contribution in [1.29, 1.82) is 0 Å². The van der Waals surface area contributed by atoms with Gasteiger partial charge in [-0.3, -0.25) is 9.89 Å². The van der Waals surface area contributed by atoms with Crippen molar-refractivity contribution in [3.8, 4) is 0 Å². The molecule has 0 unspecified atom stereocenters. The van der Waals surface area contributed by atoms with Crippen LogP contribution in [0.5, 0.6) is 0 Å². The topological polar surface area (TPSA) is 39.7 Å². The third kappa shape index (κ3) is 12.0. The van der Waals surface area contributed by atoms with E-state index in [0.717, 1.165) is 38.4 Å². The highest BCUT2D eigenvalue weighted by atomic mass is 127. The summed E-state index contributed by atoms with van der Waals surface area (Å²) in [5, 5.41) is 6.68. The van der Waals surface area contributed by atoms with Gasteiger partial charge in [0.05, 0.1) is 0 Å². The van der Waals surface area contributed by atoms with Crippen molar-refractivity contribution < 1.29 is 0 Å². The number of allylic oxidation sites excluding steroid dienone is 1. The van der Waals surface area contributed by atoms with Crippen LogP contribution in [0.2, 0.25) is 0 Å². The van der Waals surface area contributed by atoms with Gasteiger partial charge in [0.15, 0.2) is 5.96 Å². The molecule has 21 heavy (non-hydrogen) atoms. The van der Waals surface area contributed by atoms with Crippen LogP contribution in [-0.4, -0.2) is 49.6 Å². The van der Waals surface area contributed by atoms with Crippen LogP contribution in [0.1, 0.15) is 47.5 Å². The van der Waals surface area contributed by atoms with E-state index >= 15 is 0 Å². The van der Waals surface area contributed by atoms with Crippen molar-refractivity contribution in [2.45, 2.75) is 59.5 Å². The van der Waals surface area contributed by atoms with Crippen molar-refractivity contribution in [2.75, 3.05) is 26.7 Å². The Morgan fingerprint density at radius 3 is 2.14 bits per heavy atom. The summed E-state index contributed by atoms with van der Waals surface area (Å²) < 4.78 is 0. The monoisotopic (exact) mass is 410 g/mol. The van der Waals surface area contributed by atoms with Crippen molar-refractivity contribution in [3.05, 3.63) is 12.2 Å². The van der Waals surface area contributed by atoms with E-state index in [4.69, 9.17) is 0 Å². The Morgan fingerprint density at radius 2 is 1.67 bits per heavy atom. The Kier molecular flexibility index (Phi) is 16.0. The van der Waals surface area contributed by atoms with Gasteiger partial charge in [0, 0.05) is 38.8 Å². The first-order valence-electron chi connectivity index (χ1n) is 7.84. The van der Waals surface area contributed by atoms with Gasteiger partial charge in [-0.05, 0) is 47.5 Å². The van der Waals surface area contributed by atoms with Crippen LogP contribution >= 0.6 is 24.0 Å². The molecule has 0 aliphatic heterocycles. The van der Waals surface area contributed by atoms with Crippen LogP contribution < -0.4 is 10.6 Å². The lowest BCUT2D eigenvalue weighted by Gasteiger charge is -2.30. The van der Waals surface area contributed by atoms with Crippen molar-refractivity contribution in [3.63, 3.8) is 0 Å². The standard InChI is InChI=1S/C16H34N4.HI/c1-7-8-9-11-18-16(17-6)19-12-10-13-20(14(2)3)15(4)5;/h7-8,14-15H,9-13H2,1-6H3,(H2,17,18,19);1H/b8-7+;. The molecule has 0 atom stereocenters. The Morgan fingerprint density at radius 1 is 1.10 bits per heavy atom. The van der Waals surface area contributed by atoms with Gasteiger partial charge < -0.3 is 10.6 Å². The van der Waals surface area contributed by atoms with E-state index in [2.05, 4.69) is 60.4 Å². The first-order valence-corrected chi connectivity index (χ1v) is 7.84. The SMILES string of the molecule is C/C=C/CCNC(=NC)NCCCN(C(C)C)C(C)C.I. The van der Waals surface area contributed by atoms with Gasteiger partial charge in [0.25, 0.3) is 0 Å². The molecule has 0 amide bonds. The lowest BCUT2D eigenvalue weighted by Crippen LogP contribution is -2.41. The first-order chi connectivity index (χ1) is 9.52. The molecule has 0 aliphatic carbocycles. The van der Waals surface area contributed by atoms with E-state index in [9.17, 15) is 0 Å². The van der Waals surface area contributed by atoms with E-state index in [1.807, 2.05) is 14.0 Å². The molecule has 4 nitrogen and oxygen atoms in total. The molecule has 0 bridgehead atoms. The van der Waals surface area contributed by atoms with Gasteiger partial charge in [-0.1, -0.05) is 12.2 Å². The zero-order valence-electron chi connectivity index (χ0n) is 14.6. The summed E-state index contributed by atoms with van der Waals surface area (Å²) in [6.07, 6.45) is 6.39. The highest BCUT2D eigenvalue weighted by molar-refractivity contribution is 14.0. The van der Waals surface area contributed by atoms with Gasteiger partial charge in [-0.15, -0.1) is 24.0 Å². The summed E-state index contributed by atoms with van der Waals surface area (Å²) in [7, 11) is 1.82. The third-order valence-electron chi connectivity index (χ3n) is 3.27. The summed E-state index contributed by atoms with van der Waals surface area (Å²) in [6.45, 7) is 14.1. The fourth-order valence-electron chi connectivity index (χ4n) is 2.24. The maximum Gasteiger partial charge on any atom is 0.190 e. The normalized spacial score (nSPS) is 12.3. The predicted octanol–water partition coefficient (Wildman–Crippen LogP) is 3.24. The molecule has 0 spiro atoms. The maximum absolute atomic E-state index is 4.23. The maximum atomic E-state index is 4.23. The molecular formula is C16H35IN4. The zero-order chi connectivity index (χ0) is 15.4. The number of hydrogen-bond acceptors (Lipinski definition) is 2. The van der Waals surface area contributed by atoms with Crippen molar-refractivity contribution in [2.24, 2.45) is 4.99 Å². The zero-order valence-corrected chi connectivity index (χ0v) is 17.0. The second kappa shape index (κ2) is 14.6. The largest absolute Gasteiger partial charge is 0.356 e. The van der Waals surface area contributed by atoms with Crippen LogP contribution in [0.4, 0.5) is 0 Å². The van der Waals surface area contributed by atoms with Crippen LogP contribution in [0.25, 0.3) is 0 Å². The predicted molar refractivity (Wildman–Crippen MR) is 106 cm³/mol. The Bertz CT molecular complexity index is 280. The summed E-state index contributed by atoms with van der Waals surface area (Å²) >= 11 is 0. The lowest BCUT2D eigenvalue weighted by atomic mass is 10.2. The minimum atomic E-state index is 0. The highest BCUT2D eigenvalue weighted by Crippen LogP contribution is 2.05. The molecule has 0 fully saturated rings. The van der Waals surface area contributed by atoms with Crippen LogP contribution in [-0.2, 0) is 0 Å². The summed E-state index contributed by atoms with van der Waals surface area (Å²) in [5.74, 6) is 0.898. The van der Waals surface area contributed by atoms with Crippen molar-refractivity contribution >= 4 is 29.9 Å². The number of guanidine groups is 1. The molecule has 0 heterocycles. The Labute approximate surface area is 148 Å². The number of nitrogens with zero attached hydrogens (tertiary/aromatic N) is 2. The van der Waals surface area contributed by atoms with Gasteiger partial charge in [0.1, 0.15) is 0 Å². The second-order valence-corrected chi connectivity index (χ2v) is 5.56. The molecule has 0 aliphatic rings. The van der Waals surface area contributed by atoms with E-state index in [-0.39, 0.29) is 24.0 Å². The molecule has 5 heteroatoms. The molecule has 0 saturated carbocycles. The van der Waals surface area contributed by atoms with E-state index in [1.165, 1.54) is 0 Å². The van der Waals surface area contributed by atoms with Crippen LogP contribution in [0.3, 0.4) is 0 Å². The molecule has 0 aromatic rings. The van der Waals surface area contributed by atoms with Crippen LogP contribution in [0.15, 0.2) is 17.1 Å². The summed E-state index contributed by atoms with van der Waals surface area (Å²) in [5.41, 5.74) is 0. The third-order valence-corrected chi connectivity index (χ3v) is 3.27. The molecule has 2 N–H and O–H groups in total. The van der Waals surface area contributed by atoms with E-state index in [0.29, 0.717) is 12.1 Å². The van der Waals surface area contributed by atoms with Crippen molar-refractivity contribution in [1.82, 2.24) is 15.5 Å². The average Bonchev–Trinajstić information content (AvgIpc) is 2.39. The molecular weight excluding hydrogens is 375 g/mol. The Balaban J connectivity index is 0. The average molecular weight is 410 g/mol. The number of halogens is 1. The van der Waals surface area contributed by atoms with Crippen LogP contribution in [0, 0.1) is 0 Å². The summed E-state index contributed by atoms with van der Waals surface area (Å²) in [4.78, 5) is 6.75. The fraction of sp³-hybridized carbons (Fsp3) is 0.812. The fourth-order valence-corrected chi connectivity index (χ4v) is 2.24. The molecule has 0 saturated heterocycles. The molecule has 0 rings (SSSR count). The number of nitrogens with one attached hydrogen (secondary N) is 2. The smallest absolute Gasteiger partial charge is 0.190 e. The lowest BCUT2D eigenvalue weighted by molar-refractivity contribution is 0.173. The summed E-state index contributed by atoms with van der Waals surface area (Å²) in [6, 6.07) is 1.21. The van der Waals surface area contributed by atoms with E-state index in [1.54, 1.807) is 0 Å².